The summed E-state index contributed by atoms with van der Waals surface area (Å²) >= 11 is 0. The van der Waals surface area contributed by atoms with Crippen molar-refractivity contribution in [2.45, 2.75) is 57.9 Å². The Labute approximate surface area is 201 Å². The van der Waals surface area contributed by atoms with Crippen LogP contribution < -0.4 is 4.90 Å². The van der Waals surface area contributed by atoms with Crippen LogP contribution in [0.4, 0.5) is 10.7 Å². The highest BCUT2D eigenvalue weighted by Gasteiger charge is 2.34. The van der Waals surface area contributed by atoms with Gasteiger partial charge in [0.25, 0.3) is 0 Å². The van der Waals surface area contributed by atoms with E-state index >= 15 is 0 Å². The Morgan fingerprint density at radius 1 is 0.941 bits per heavy atom. The van der Waals surface area contributed by atoms with Gasteiger partial charge in [-0.25, -0.2) is 9.78 Å². The molecule has 1 aromatic heterocycles. The number of aromatic nitrogens is 2. The predicted octanol–water partition coefficient (Wildman–Crippen LogP) is 4.06. The molecule has 1 saturated carbocycles. The molecule has 2 amide bonds. The van der Waals surface area contributed by atoms with E-state index in [1.54, 1.807) is 4.90 Å². The zero-order chi connectivity index (χ0) is 23.5. The summed E-state index contributed by atoms with van der Waals surface area (Å²) in [4.78, 5) is 36.5. The van der Waals surface area contributed by atoms with Crippen LogP contribution in [0.2, 0.25) is 0 Å². The van der Waals surface area contributed by atoms with E-state index in [4.69, 9.17) is 9.72 Å². The summed E-state index contributed by atoms with van der Waals surface area (Å²) in [6.07, 6.45) is 7.90. The minimum Gasteiger partial charge on any atom is -0.450 e. The van der Waals surface area contributed by atoms with E-state index < -0.39 is 0 Å². The van der Waals surface area contributed by atoms with Crippen LogP contribution in [0.25, 0.3) is 11.0 Å². The van der Waals surface area contributed by atoms with Crippen LogP contribution in [0.1, 0.15) is 57.9 Å². The van der Waals surface area contributed by atoms with Crippen molar-refractivity contribution in [2.24, 2.45) is 5.92 Å². The topological polar surface area (TPSA) is 70.9 Å². The van der Waals surface area contributed by atoms with Crippen molar-refractivity contribution >= 4 is 29.0 Å². The number of hydrogen-bond donors (Lipinski definition) is 0. The Morgan fingerprint density at radius 3 is 2.44 bits per heavy atom. The van der Waals surface area contributed by atoms with Crippen LogP contribution in [0.15, 0.2) is 24.3 Å². The maximum absolute atomic E-state index is 13.4. The van der Waals surface area contributed by atoms with E-state index in [-0.39, 0.29) is 17.9 Å². The van der Waals surface area contributed by atoms with Crippen LogP contribution in [0, 0.1) is 5.92 Å². The molecule has 0 bridgehead atoms. The first-order valence-electron chi connectivity index (χ1n) is 13.1. The Bertz CT molecular complexity index is 1010. The number of piperidine rings is 1. The minimum atomic E-state index is -0.278. The van der Waals surface area contributed by atoms with Gasteiger partial charge in [0.05, 0.1) is 23.6 Å². The lowest BCUT2D eigenvalue weighted by atomic mass is 9.94. The normalized spacial score (nSPS) is 22.3. The average molecular weight is 468 g/mol. The fourth-order valence-electron chi connectivity index (χ4n) is 5.90. The lowest BCUT2D eigenvalue weighted by Gasteiger charge is -2.39. The monoisotopic (exact) mass is 467 g/mol. The number of amides is 2. The number of fused-ring (bicyclic) bond motifs is 1. The van der Waals surface area contributed by atoms with E-state index in [9.17, 15) is 9.59 Å². The van der Waals surface area contributed by atoms with Gasteiger partial charge < -0.3 is 24.0 Å². The molecule has 2 saturated heterocycles. The summed E-state index contributed by atoms with van der Waals surface area (Å²) in [5.41, 5.74) is 2.26. The van der Waals surface area contributed by atoms with Crippen molar-refractivity contribution in [2.75, 3.05) is 50.8 Å². The van der Waals surface area contributed by atoms with Gasteiger partial charge in [-0.3, -0.25) is 4.79 Å². The maximum Gasteiger partial charge on any atom is 0.409 e. The van der Waals surface area contributed by atoms with Crippen LogP contribution >= 0.6 is 0 Å². The molecule has 2 aliphatic heterocycles. The molecular weight excluding hydrogens is 430 g/mol. The third-order valence-electron chi connectivity index (χ3n) is 7.69. The quantitative estimate of drug-likeness (QED) is 0.678. The van der Waals surface area contributed by atoms with E-state index in [1.165, 1.54) is 37.6 Å². The smallest absolute Gasteiger partial charge is 0.409 e. The molecule has 8 nitrogen and oxygen atoms in total. The van der Waals surface area contributed by atoms with Gasteiger partial charge in [0, 0.05) is 45.3 Å². The Hall–Kier alpha value is -2.77. The average Bonchev–Trinajstić information content (AvgIpc) is 3.29. The number of ether oxygens (including phenoxy) is 1. The Balaban J connectivity index is 1.30. The van der Waals surface area contributed by atoms with Crippen molar-refractivity contribution in [3.8, 4) is 0 Å². The molecule has 3 heterocycles. The number of nitrogens with zero attached hydrogens (tertiary/aromatic N) is 5. The van der Waals surface area contributed by atoms with Crippen molar-refractivity contribution in [1.29, 1.82) is 0 Å². The highest BCUT2D eigenvalue weighted by molar-refractivity contribution is 5.81. The third kappa shape index (κ3) is 4.59. The SMILES string of the molecule is CCOC(=O)N1CCN(C(=O)[C@H]2CCCN(c3nc4ccccc4n3C3CCCCC3)C2)CC1. The van der Waals surface area contributed by atoms with Gasteiger partial charge in [0.15, 0.2) is 0 Å². The summed E-state index contributed by atoms with van der Waals surface area (Å²) in [5, 5.41) is 0. The zero-order valence-corrected chi connectivity index (χ0v) is 20.3. The van der Waals surface area contributed by atoms with Gasteiger partial charge in [-0.05, 0) is 44.7 Å². The Kier molecular flexibility index (Phi) is 6.92. The maximum atomic E-state index is 13.4. The second-order valence-corrected chi connectivity index (χ2v) is 9.86. The second kappa shape index (κ2) is 10.2. The number of rotatable bonds is 4. The molecule has 0 unspecified atom stereocenters. The van der Waals surface area contributed by atoms with Gasteiger partial charge >= 0.3 is 6.09 Å². The molecule has 0 radical (unpaired) electrons. The van der Waals surface area contributed by atoms with E-state index in [0.717, 1.165) is 30.9 Å². The van der Waals surface area contributed by atoms with Crippen LogP contribution in [-0.2, 0) is 9.53 Å². The molecule has 1 atom stereocenters. The molecule has 3 fully saturated rings. The summed E-state index contributed by atoms with van der Waals surface area (Å²) in [6, 6.07) is 8.95. The molecular formula is C26H37N5O3. The minimum absolute atomic E-state index is 0.0255. The molecule has 5 rings (SSSR count). The number of anilines is 1. The van der Waals surface area contributed by atoms with Crippen molar-refractivity contribution in [3.05, 3.63) is 24.3 Å². The highest BCUT2D eigenvalue weighted by atomic mass is 16.6. The third-order valence-corrected chi connectivity index (χ3v) is 7.69. The predicted molar refractivity (Wildman–Crippen MR) is 132 cm³/mol. The lowest BCUT2D eigenvalue weighted by molar-refractivity contribution is -0.137. The number of hydrogen-bond acceptors (Lipinski definition) is 5. The molecule has 34 heavy (non-hydrogen) atoms. The number of carbonyl (C=O) groups excluding carboxylic acids is 2. The second-order valence-electron chi connectivity index (χ2n) is 9.86. The van der Waals surface area contributed by atoms with Crippen LogP contribution in [-0.4, -0.2) is 77.2 Å². The highest BCUT2D eigenvalue weighted by Crippen LogP contribution is 2.36. The van der Waals surface area contributed by atoms with Gasteiger partial charge in [-0.2, -0.15) is 0 Å². The molecule has 2 aromatic rings. The molecule has 3 aliphatic rings. The van der Waals surface area contributed by atoms with E-state index in [1.807, 2.05) is 11.8 Å². The number of piperazine rings is 1. The molecule has 1 aliphatic carbocycles. The van der Waals surface area contributed by atoms with Gasteiger partial charge in [0.2, 0.25) is 11.9 Å². The van der Waals surface area contributed by atoms with Crippen molar-refractivity contribution in [1.82, 2.24) is 19.4 Å². The lowest BCUT2D eigenvalue weighted by Crippen LogP contribution is -2.54. The van der Waals surface area contributed by atoms with E-state index in [2.05, 4.69) is 33.7 Å². The summed E-state index contributed by atoms with van der Waals surface area (Å²) in [6.45, 7) is 6.08. The number of benzene rings is 1. The standard InChI is InChI=1S/C26H37N5O3/c1-2-34-26(33)29-17-15-28(16-18-29)24(32)20-9-8-14-30(19-20)25-27-22-12-6-7-13-23(22)31(25)21-10-4-3-5-11-21/h6-7,12-13,20-21H,2-5,8-11,14-19H2,1H3/t20-/m0/s1. The summed E-state index contributed by atoms with van der Waals surface area (Å²) in [5.74, 6) is 1.23. The fraction of sp³-hybridized carbons (Fsp3) is 0.654. The fourth-order valence-corrected chi connectivity index (χ4v) is 5.90. The zero-order valence-electron chi connectivity index (χ0n) is 20.3. The first kappa shape index (κ1) is 23.0. The number of para-hydroxylation sites is 2. The summed E-state index contributed by atoms with van der Waals surface area (Å²) < 4.78 is 7.58. The van der Waals surface area contributed by atoms with Crippen LogP contribution in [0.3, 0.4) is 0 Å². The first-order chi connectivity index (χ1) is 16.7. The van der Waals surface area contributed by atoms with E-state index in [0.29, 0.717) is 45.4 Å². The van der Waals surface area contributed by atoms with Crippen LogP contribution in [0.5, 0.6) is 0 Å². The van der Waals surface area contributed by atoms with Gasteiger partial charge in [-0.1, -0.05) is 31.4 Å². The summed E-state index contributed by atoms with van der Waals surface area (Å²) in [7, 11) is 0. The Morgan fingerprint density at radius 2 is 1.68 bits per heavy atom. The molecule has 0 N–H and O–H groups in total. The van der Waals surface area contributed by atoms with Gasteiger partial charge in [-0.15, -0.1) is 0 Å². The molecule has 1 aromatic carbocycles. The largest absolute Gasteiger partial charge is 0.450 e. The van der Waals surface area contributed by atoms with Crippen molar-refractivity contribution in [3.63, 3.8) is 0 Å². The molecule has 0 spiro atoms. The molecule has 184 valence electrons. The number of imidazole rings is 1. The first-order valence-corrected chi connectivity index (χ1v) is 13.1. The molecule has 8 heteroatoms. The number of carbonyl (C=O) groups is 2. The van der Waals surface area contributed by atoms with Gasteiger partial charge in [0.1, 0.15) is 0 Å². The van der Waals surface area contributed by atoms with Crippen molar-refractivity contribution < 1.29 is 14.3 Å².